The first-order valence-corrected chi connectivity index (χ1v) is 11.0. The number of carbonyl (C=O) groups excluding carboxylic acids is 1. The zero-order chi connectivity index (χ0) is 23.5. The second-order valence-corrected chi connectivity index (χ2v) is 7.80. The fourth-order valence-electron chi connectivity index (χ4n) is 3.32. The molecule has 0 unspecified atom stereocenters. The summed E-state index contributed by atoms with van der Waals surface area (Å²) in [5.74, 6) is -1.71. The molecular formula is C23H18F2N6OS. The van der Waals surface area contributed by atoms with Crippen molar-refractivity contribution in [2.24, 2.45) is 0 Å². The molecule has 4 aromatic rings. The van der Waals surface area contributed by atoms with Gasteiger partial charge in [-0.15, -0.1) is 0 Å². The lowest BCUT2D eigenvalue weighted by molar-refractivity contribution is 0.0989. The number of hydrogen-bond acceptors (Lipinski definition) is 8. The molecule has 0 atom stereocenters. The highest BCUT2D eigenvalue weighted by Crippen LogP contribution is 2.28. The number of ketones is 1. The van der Waals surface area contributed by atoms with E-state index in [0.717, 1.165) is 12.1 Å². The Hall–Kier alpha value is -3.92. The highest BCUT2D eigenvalue weighted by Gasteiger charge is 2.20. The van der Waals surface area contributed by atoms with E-state index in [2.05, 4.69) is 19.9 Å². The normalized spacial score (nSPS) is 10.9. The molecule has 0 amide bonds. The molecule has 0 aliphatic rings. The van der Waals surface area contributed by atoms with Crippen LogP contribution in [0.25, 0.3) is 22.5 Å². The van der Waals surface area contributed by atoms with Gasteiger partial charge >= 0.3 is 0 Å². The summed E-state index contributed by atoms with van der Waals surface area (Å²) in [5, 5.41) is 0.490. The molecule has 0 fully saturated rings. The molecule has 33 heavy (non-hydrogen) atoms. The number of thioether (sulfide) groups is 1. The summed E-state index contributed by atoms with van der Waals surface area (Å²) in [6.45, 7) is 0. The van der Waals surface area contributed by atoms with E-state index in [9.17, 15) is 13.6 Å². The van der Waals surface area contributed by atoms with Gasteiger partial charge in [-0.25, -0.2) is 23.7 Å². The predicted molar refractivity (Wildman–Crippen MR) is 123 cm³/mol. The molecule has 0 spiro atoms. The summed E-state index contributed by atoms with van der Waals surface area (Å²) in [7, 11) is 0. The van der Waals surface area contributed by atoms with E-state index >= 15 is 0 Å². The average Bonchev–Trinajstić information content (AvgIpc) is 2.79. The van der Waals surface area contributed by atoms with Gasteiger partial charge in [-0.05, 0) is 42.2 Å². The first-order valence-electron chi connectivity index (χ1n) is 9.73. The second-order valence-electron chi connectivity index (χ2n) is 7.03. The van der Waals surface area contributed by atoms with E-state index in [1.807, 2.05) is 6.26 Å². The maximum atomic E-state index is 14.2. The Morgan fingerprint density at radius 2 is 1.76 bits per heavy atom. The van der Waals surface area contributed by atoms with Crippen LogP contribution in [0.1, 0.15) is 16.1 Å². The lowest BCUT2D eigenvalue weighted by Crippen LogP contribution is -2.12. The Balaban J connectivity index is 1.72. The minimum atomic E-state index is -0.786. The van der Waals surface area contributed by atoms with E-state index < -0.39 is 17.4 Å². The van der Waals surface area contributed by atoms with Gasteiger partial charge in [0.05, 0.1) is 22.6 Å². The van der Waals surface area contributed by atoms with Crippen LogP contribution in [0, 0.1) is 11.6 Å². The van der Waals surface area contributed by atoms with Gasteiger partial charge in [0, 0.05) is 30.4 Å². The average molecular weight is 465 g/mol. The molecule has 0 saturated carbocycles. The van der Waals surface area contributed by atoms with Crippen molar-refractivity contribution in [3.05, 3.63) is 77.8 Å². The summed E-state index contributed by atoms with van der Waals surface area (Å²) >= 11 is 1.34. The number of hydrogen-bond donors (Lipinski definition) is 2. The van der Waals surface area contributed by atoms with Gasteiger partial charge in [0.2, 0.25) is 0 Å². The monoisotopic (exact) mass is 464 g/mol. The van der Waals surface area contributed by atoms with E-state index in [-0.39, 0.29) is 29.1 Å². The van der Waals surface area contributed by atoms with E-state index in [1.165, 1.54) is 30.0 Å². The molecule has 1 aromatic carbocycles. The van der Waals surface area contributed by atoms with E-state index in [0.29, 0.717) is 27.8 Å². The first-order chi connectivity index (χ1) is 15.9. The van der Waals surface area contributed by atoms with Crippen LogP contribution in [0.4, 0.5) is 20.3 Å². The summed E-state index contributed by atoms with van der Waals surface area (Å²) in [6.07, 6.45) is 4.84. The number of Topliss-reactive ketones (excluding diaryl/α,β-unsaturated/α-hetero) is 1. The Kier molecular flexibility index (Phi) is 6.27. The summed E-state index contributed by atoms with van der Waals surface area (Å²) < 4.78 is 28.4. The van der Waals surface area contributed by atoms with Gasteiger partial charge in [0.1, 0.15) is 23.1 Å². The summed E-state index contributed by atoms with van der Waals surface area (Å²) in [6, 6.07) is 9.60. The zero-order valence-corrected chi connectivity index (χ0v) is 18.2. The fraction of sp³-hybridized carbons (Fsp3) is 0.0870. The third-order valence-electron chi connectivity index (χ3n) is 4.85. The van der Waals surface area contributed by atoms with Gasteiger partial charge in [0.15, 0.2) is 10.9 Å². The highest BCUT2D eigenvalue weighted by atomic mass is 32.2. The van der Waals surface area contributed by atoms with Crippen LogP contribution in [-0.2, 0) is 6.42 Å². The molecule has 3 aromatic heterocycles. The van der Waals surface area contributed by atoms with Crippen molar-refractivity contribution in [2.45, 2.75) is 11.6 Å². The molecule has 4 N–H and O–H groups in total. The predicted octanol–water partition coefficient (Wildman–Crippen LogP) is 4.19. The summed E-state index contributed by atoms with van der Waals surface area (Å²) in [4.78, 5) is 30.0. The number of nitrogens with two attached hydrogens (primary N) is 2. The zero-order valence-electron chi connectivity index (χ0n) is 17.4. The molecule has 0 radical (unpaired) electrons. The largest absolute Gasteiger partial charge is 0.397 e. The Morgan fingerprint density at radius 1 is 1.00 bits per heavy atom. The molecule has 0 bridgehead atoms. The molecule has 0 saturated heterocycles. The number of carbonyl (C=O) groups is 1. The topological polar surface area (TPSA) is 121 Å². The van der Waals surface area contributed by atoms with Crippen LogP contribution in [0.2, 0.25) is 0 Å². The standard InChI is InChI=1S/C23H18F2N6OS/c1-33-23-30-18(10-20(27)31-23)13-7-8-28-11-12(13)9-19(32)22-16(26)5-6-17(29-22)21-14(24)3-2-4-15(21)25/h2-8,10-11H,9,26H2,1H3,(H2,27,30,31). The van der Waals surface area contributed by atoms with Crippen LogP contribution >= 0.6 is 11.8 Å². The van der Waals surface area contributed by atoms with Crippen LogP contribution in [0.5, 0.6) is 0 Å². The van der Waals surface area contributed by atoms with Crippen molar-refractivity contribution in [3.8, 4) is 22.5 Å². The molecule has 0 aliphatic carbocycles. The van der Waals surface area contributed by atoms with Gasteiger partial charge in [-0.2, -0.15) is 0 Å². The second kappa shape index (κ2) is 9.29. The highest BCUT2D eigenvalue weighted by molar-refractivity contribution is 7.98. The van der Waals surface area contributed by atoms with E-state index in [4.69, 9.17) is 11.5 Å². The number of aromatic nitrogens is 4. The maximum absolute atomic E-state index is 14.2. The smallest absolute Gasteiger partial charge is 0.189 e. The van der Waals surface area contributed by atoms with Crippen molar-refractivity contribution in [1.82, 2.24) is 19.9 Å². The molecule has 4 rings (SSSR count). The number of benzene rings is 1. The number of nitrogens with zero attached hydrogens (tertiary/aromatic N) is 4. The van der Waals surface area contributed by atoms with Crippen molar-refractivity contribution in [2.75, 3.05) is 17.7 Å². The minimum absolute atomic E-state index is 0.0252. The van der Waals surface area contributed by atoms with Crippen LogP contribution in [-0.4, -0.2) is 32.0 Å². The van der Waals surface area contributed by atoms with Gasteiger partial charge in [0.25, 0.3) is 0 Å². The van der Waals surface area contributed by atoms with Crippen LogP contribution in [0.15, 0.2) is 60.0 Å². The van der Waals surface area contributed by atoms with Crippen LogP contribution < -0.4 is 11.5 Å². The van der Waals surface area contributed by atoms with E-state index in [1.54, 1.807) is 24.5 Å². The van der Waals surface area contributed by atoms with Crippen LogP contribution in [0.3, 0.4) is 0 Å². The third-order valence-corrected chi connectivity index (χ3v) is 5.40. The lowest BCUT2D eigenvalue weighted by atomic mass is 9.99. The Morgan fingerprint density at radius 3 is 2.48 bits per heavy atom. The maximum Gasteiger partial charge on any atom is 0.189 e. The molecule has 166 valence electrons. The quantitative estimate of drug-likeness (QED) is 0.248. The molecule has 3 heterocycles. The number of rotatable bonds is 6. The molecular weight excluding hydrogens is 446 g/mol. The number of nitrogen functional groups attached to an aromatic ring is 2. The van der Waals surface area contributed by atoms with Gasteiger partial charge in [-0.1, -0.05) is 17.8 Å². The Bertz CT molecular complexity index is 1340. The molecule has 10 heteroatoms. The van der Waals surface area contributed by atoms with Crippen molar-refractivity contribution in [3.63, 3.8) is 0 Å². The van der Waals surface area contributed by atoms with Crippen molar-refractivity contribution in [1.29, 1.82) is 0 Å². The van der Waals surface area contributed by atoms with Gasteiger partial charge in [-0.3, -0.25) is 9.78 Å². The molecule has 0 aliphatic heterocycles. The summed E-state index contributed by atoms with van der Waals surface area (Å²) in [5.41, 5.74) is 13.3. The number of pyridine rings is 2. The first kappa shape index (κ1) is 22.3. The minimum Gasteiger partial charge on any atom is -0.397 e. The van der Waals surface area contributed by atoms with Crippen molar-refractivity contribution >= 4 is 29.1 Å². The van der Waals surface area contributed by atoms with Crippen molar-refractivity contribution < 1.29 is 13.6 Å². The Labute approximate surface area is 192 Å². The lowest BCUT2D eigenvalue weighted by Gasteiger charge is -2.11. The number of halogens is 2. The SMILES string of the molecule is CSc1nc(N)cc(-c2ccncc2CC(=O)c2nc(-c3c(F)cccc3F)ccc2N)n1. The third kappa shape index (κ3) is 4.65. The van der Waals surface area contributed by atoms with Gasteiger partial charge < -0.3 is 11.5 Å². The molecule has 7 nitrogen and oxygen atoms in total. The fourth-order valence-corrected chi connectivity index (χ4v) is 3.71. The number of anilines is 2.